The Bertz CT molecular complexity index is 2450. The van der Waals surface area contributed by atoms with Gasteiger partial charge in [-0.25, -0.2) is 0 Å². The van der Waals surface area contributed by atoms with Crippen molar-refractivity contribution in [2.75, 3.05) is 9.80 Å². The van der Waals surface area contributed by atoms with E-state index in [0.29, 0.717) is 0 Å². The molecule has 0 N–H and O–H groups in total. The minimum absolute atomic E-state index is 0.0944. The first-order valence-electron chi connectivity index (χ1n) is 15.8. The number of hydrogen-bond acceptors (Lipinski definition) is 3. The minimum atomic E-state index is 0.0944. The van der Waals surface area contributed by atoms with Crippen LogP contribution in [-0.4, -0.2) is 6.71 Å². The first kappa shape index (κ1) is 25.3. The summed E-state index contributed by atoms with van der Waals surface area (Å²) in [7, 11) is 0. The number of benzene rings is 7. The fraction of sp³-hybridized carbons (Fsp3) is 0. The Labute approximate surface area is 267 Å². The molecule has 0 atom stereocenters. The number of nitrogens with zero attached hydrogens (tertiary/aromatic N) is 2. The Morgan fingerprint density at radius 1 is 0.391 bits per heavy atom. The monoisotopic (exact) mass is 586 g/mol. The van der Waals surface area contributed by atoms with E-state index in [4.69, 9.17) is 4.42 Å². The van der Waals surface area contributed by atoms with Crippen molar-refractivity contribution in [1.29, 1.82) is 0 Å². The van der Waals surface area contributed by atoms with Crippen LogP contribution in [0.1, 0.15) is 0 Å². The molecule has 8 aromatic rings. The molecule has 1 aromatic heterocycles. The molecule has 0 unspecified atom stereocenters. The second-order valence-corrected chi connectivity index (χ2v) is 12.1. The van der Waals surface area contributed by atoms with Gasteiger partial charge < -0.3 is 14.2 Å². The number of fused-ring (bicyclic) bond motifs is 7. The van der Waals surface area contributed by atoms with Crippen LogP contribution < -0.4 is 26.2 Å². The average Bonchev–Trinajstić information content (AvgIpc) is 3.50. The van der Waals surface area contributed by atoms with Crippen molar-refractivity contribution in [2.24, 2.45) is 0 Å². The van der Waals surface area contributed by atoms with E-state index in [2.05, 4.69) is 161 Å². The van der Waals surface area contributed by atoms with E-state index in [1.165, 1.54) is 50.3 Å². The third-order valence-electron chi connectivity index (χ3n) is 9.62. The van der Waals surface area contributed by atoms with E-state index in [9.17, 15) is 0 Å². The van der Waals surface area contributed by atoms with Gasteiger partial charge in [0.15, 0.2) is 0 Å². The Balaban J connectivity index is 1.32. The predicted molar refractivity (Wildman–Crippen MR) is 193 cm³/mol. The normalized spacial score (nSPS) is 13.1. The molecule has 4 heteroatoms. The minimum Gasteiger partial charge on any atom is -0.456 e. The summed E-state index contributed by atoms with van der Waals surface area (Å²) in [5.41, 5.74) is 15.2. The van der Waals surface area contributed by atoms with Crippen molar-refractivity contribution in [2.45, 2.75) is 0 Å². The maximum absolute atomic E-state index is 6.25. The smallest absolute Gasteiger partial charge is 0.252 e. The van der Waals surface area contributed by atoms with Crippen LogP contribution in [-0.2, 0) is 0 Å². The summed E-state index contributed by atoms with van der Waals surface area (Å²) in [6.07, 6.45) is 0. The number of para-hydroxylation sites is 4. The summed E-state index contributed by atoms with van der Waals surface area (Å²) < 4.78 is 6.25. The molecule has 214 valence electrons. The van der Waals surface area contributed by atoms with Crippen LogP contribution in [0.25, 0.3) is 33.1 Å². The summed E-state index contributed by atoms with van der Waals surface area (Å²) in [5, 5.41) is 2.25. The Kier molecular flexibility index (Phi) is 5.37. The maximum Gasteiger partial charge on any atom is 0.252 e. The van der Waals surface area contributed by atoms with Gasteiger partial charge in [0, 0.05) is 44.9 Å². The number of anilines is 6. The van der Waals surface area contributed by atoms with Crippen molar-refractivity contribution in [1.82, 2.24) is 0 Å². The third kappa shape index (κ3) is 3.61. The summed E-state index contributed by atoms with van der Waals surface area (Å²) >= 11 is 0. The van der Waals surface area contributed by atoms with Gasteiger partial charge in [-0.2, -0.15) is 0 Å². The molecule has 2 aliphatic rings. The summed E-state index contributed by atoms with van der Waals surface area (Å²) in [6.45, 7) is 0.0944. The van der Waals surface area contributed by atoms with Gasteiger partial charge in [0.1, 0.15) is 11.2 Å². The highest BCUT2D eigenvalue weighted by molar-refractivity contribution is 7.00. The van der Waals surface area contributed by atoms with E-state index in [1.54, 1.807) is 0 Å². The van der Waals surface area contributed by atoms with Gasteiger partial charge in [-0.1, -0.05) is 103 Å². The van der Waals surface area contributed by atoms with Gasteiger partial charge in [0.2, 0.25) is 0 Å². The molecule has 46 heavy (non-hydrogen) atoms. The van der Waals surface area contributed by atoms with Gasteiger partial charge in [-0.3, -0.25) is 0 Å². The van der Waals surface area contributed by atoms with Crippen molar-refractivity contribution in [3.63, 3.8) is 0 Å². The molecular formula is C42H27BN2O. The van der Waals surface area contributed by atoms with Crippen molar-refractivity contribution in [3.05, 3.63) is 164 Å². The van der Waals surface area contributed by atoms with Gasteiger partial charge in [0.25, 0.3) is 6.71 Å². The van der Waals surface area contributed by atoms with E-state index in [-0.39, 0.29) is 6.71 Å². The SMILES string of the molecule is c1ccc(-c2cc3c4c(c2)N(c2ccc5oc6ccccc6c5c2)c2ccccc2B4c2ccccc2N3c2ccccc2)cc1. The molecule has 0 radical (unpaired) electrons. The second-order valence-electron chi connectivity index (χ2n) is 12.1. The molecule has 10 rings (SSSR count). The standard InChI is InChI=1S/C42H27BN2O/c1-3-13-28(14-4-1)29-25-38-42-39(26-29)45(31-23-24-41-33(27-31)32-17-7-12-22-40(32)46-41)37-21-11-9-19-35(37)43(42)34-18-8-10-20-36(34)44(38)30-15-5-2-6-16-30/h1-27H. The highest BCUT2D eigenvalue weighted by Crippen LogP contribution is 2.46. The largest absolute Gasteiger partial charge is 0.456 e. The van der Waals surface area contributed by atoms with Crippen LogP contribution in [0.3, 0.4) is 0 Å². The molecule has 0 saturated heterocycles. The lowest BCUT2D eigenvalue weighted by atomic mass is 9.33. The molecular weight excluding hydrogens is 559 g/mol. The number of furan rings is 1. The van der Waals surface area contributed by atoms with Crippen LogP contribution >= 0.6 is 0 Å². The van der Waals surface area contributed by atoms with Crippen LogP contribution in [0.5, 0.6) is 0 Å². The van der Waals surface area contributed by atoms with Crippen molar-refractivity contribution >= 4 is 79.2 Å². The van der Waals surface area contributed by atoms with E-state index in [0.717, 1.165) is 33.3 Å². The zero-order valence-electron chi connectivity index (χ0n) is 25.0. The summed E-state index contributed by atoms with van der Waals surface area (Å²) in [4.78, 5) is 4.92. The molecule has 2 aliphatic heterocycles. The molecule has 3 heterocycles. The summed E-state index contributed by atoms with van der Waals surface area (Å²) in [5.74, 6) is 0. The van der Waals surface area contributed by atoms with Gasteiger partial charge in [-0.05, 0) is 88.2 Å². The highest BCUT2D eigenvalue weighted by atomic mass is 16.3. The molecule has 7 aromatic carbocycles. The number of rotatable bonds is 3. The molecule has 0 bridgehead atoms. The molecule has 0 aliphatic carbocycles. The fourth-order valence-corrected chi connectivity index (χ4v) is 7.68. The Morgan fingerprint density at radius 3 is 1.67 bits per heavy atom. The molecule has 0 saturated carbocycles. The molecule has 0 amide bonds. The zero-order valence-corrected chi connectivity index (χ0v) is 25.0. The van der Waals surface area contributed by atoms with Gasteiger partial charge in [-0.15, -0.1) is 0 Å². The number of hydrogen-bond donors (Lipinski definition) is 0. The quantitative estimate of drug-likeness (QED) is 0.192. The van der Waals surface area contributed by atoms with Crippen LogP contribution in [0.4, 0.5) is 34.1 Å². The maximum atomic E-state index is 6.25. The zero-order chi connectivity index (χ0) is 30.2. The Hall–Kier alpha value is -6.00. The van der Waals surface area contributed by atoms with Crippen LogP contribution in [0.2, 0.25) is 0 Å². The predicted octanol–water partition coefficient (Wildman–Crippen LogP) is 9.34. The fourth-order valence-electron chi connectivity index (χ4n) is 7.68. The van der Waals surface area contributed by atoms with E-state index in [1.807, 2.05) is 12.1 Å². The molecule has 0 fully saturated rings. The van der Waals surface area contributed by atoms with Crippen molar-refractivity contribution in [3.8, 4) is 11.1 Å². The Morgan fingerprint density at radius 2 is 0.957 bits per heavy atom. The topological polar surface area (TPSA) is 19.6 Å². The summed E-state index contributed by atoms with van der Waals surface area (Å²) in [6, 6.07) is 59.1. The lowest BCUT2D eigenvalue weighted by molar-refractivity contribution is 0.669. The van der Waals surface area contributed by atoms with Gasteiger partial charge >= 0.3 is 0 Å². The van der Waals surface area contributed by atoms with Crippen LogP contribution in [0, 0.1) is 0 Å². The lowest BCUT2D eigenvalue weighted by Crippen LogP contribution is -2.61. The van der Waals surface area contributed by atoms with Crippen molar-refractivity contribution < 1.29 is 4.42 Å². The van der Waals surface area contributed by atoms with E-state index >= 15 is 0 Å². The first-order valence-corrected chi connectivity index (χ1v) is 15.8. The molecule has 0 spiro atoms. The second kappa shape index (κ2) is 9.75. The molecule has 3 nitrogen and oxygen atoms in total. The van der Waals surface area contributed by atoms with Crippen LogP contribution in [0.15, 0.2) is 168 Å². The lowest BCUT2D eigenvalue weighted by Gasteiger charge is -2.44. The van der Waals surface area contributed by atoms with E-state index < -0.39 is 0 Å². The third-order valence-corrected chi connectivity index (χ3v) is 9.62. The van der Waals surface area contributed by atoms with Gasteiger partial charge in [0.05, 0.1) is 0 Å². The first-order chi connectivity index (χ1) is 22.8. The highest BCUT2D eigenvalue weighted by Gasteiger charge is 2.43. The average molecular weight is 587 g/mol.